The Labute approximate surface area is 181 Å². The summed E-state index contributed by atoms with van der Waals surface area (Å²) in [7, 11) is 2.90. The SMILES string of the molecule is COCCN/C=C1\C(=O)N(C)c2ccc(C(F)(F)F)cc2N(c2cccc(Cl)c2)C1=O. The molecule has 1 aliphatic heterocycles. The number of carbonyl (C=O) groups excluding carboxylic acids is 2. The number of anilines is 3. The Kier molecular flexibility index (Phi) is 6.56. The first kappa shape index (κ1) is 22.6. The fourth-order valence-electron chi connectivity index (χ4n) is 3.10. The van der Waals surface area contributed by atoms with Crippen LogP contribution in [0.4, 0.5) is 30.2 Å². The number of nitrogens with zero attached hydrogens (tertiary/aromatic N) is 2. The average Bonchev–Trinajstić information content (AvgIpc) is 2.79. The summed E-state index contributed by atoms with van der Waals surface area (Å²) in [6, 6.07) is 8.99. The molecular formula is C21H19ClF3N3O3. The molecule has 0 unspecified atom stereocenters. The monoisotopic (exact) mass is 453 g/mol. The molecule has 2 aromatic rings. The molecule has 0 saturated heterocycles. The van der Waals surface area contributed by atoms with Crippen LogP contribution in [0.3, 0.4) is 0 Å². The lowest BCUT2D eigenvalue weighted by Crippen LogP contribution is -2.33. The highest BCUT2D eigenvalue weighted by Crippen LogP contribution is 2.42. The largest absolute Gasteiger partial charge is 0.416 e. The third-order valence-electron chi connectivity index (χ3n) is 4.64. The van der Waals surface area contributed by atoms with Gasteiger partial charge in [-0.3, -0.25) is 14.5 Å². The minimum Gasteiger partial charge on any atom is -0.388 e. The Morgan fingerprint density at radius 1 is 1.10 bits per heavy atom. The number of hydrogen-bond donors (Lipinski definition) is 1. The smallest absolute Gasteiger partial charge is 0.388 e. The molecule has 1 heterocycles. The van der Waals surface area contributed by atoms with Crippen molar-refractivity contribution in [3.8, 4) is 0 Å². The van der Waals surface area contributed by atoms with E-state index < -0.39 is 23.6 Å². The summed E-state index contributed by atoms with van der Waals surface area (Å²) in [5.41, 5.74) is -0.908. The van der Waals surface area contributed by atoms with Gasteiger partial charge >= 0.3 is 6.18 Å². The number of rotatable bonds is 5. The molecule has 1 N–H and O–H groups in total. The third kappa shape index (κ3) is 4.67. The zero-order chi connectivity index (χ0) is 22.8. The predicted molar refractivity (Wildman–Crippen MR) is 111 cm³/mol. The molecule has 31 heavy (non-hydrogen) atoms. The number of hydrogen-bond acceptors (Lipinski definition) is 4. The van der Waals surface area contributed by atoms with E-state index in [0.717, 1.165) is 21.9 Å². The molecule has 164 valence electrons. The van der Waals surface area contributed by atoms with E-state index >= 15 is 0 Å². The van der Waals surface area contributed by atoms with Crippen LogP contribution in [0.15, 0.2) is 54.2 Å². The molecule has 6 nitrogen and oxygen atoms in total. The van der Waals surface area contributed by atoms with Gasteiger partial charge in [0, 0.05) is 31.9 Å². The second-order valence-corrected chi connectivity index (χ2v) is 7.13. The van der Waals surface area contributed by atoms with Crippen LogP contribution in [0, 0.1) is 0 Å². The first-order valence-corrected chi connectivity index (χ1v) is 9.54. The van der Waals surface area contributed by atoms with Crippen LogP contribution < -0.4 is 15.1 Å². The predicted octanol–water partition coefficient (Wildman–Crippen LogP) is 4.12. The number of likely N-dealkylation sites (N-methyl/N-ethyl adjacent to an activating group) is 1. The van der Waals surface area contributed by atoms with Crippen LogP contribution in [0.5, 0.6) is 0 Å². The van der Waals surface area contributed by atoms with Gasteiger partial charge in [-0.1, -0.05) is 17.7 Å². The molecular weight excluding hydrogens is 435 g/mol. The molecule has 2 amide bonds. The number of methoxy groups -OCH3 is 1. The van der Waals surface area contributed by atoms with Gasteiger partial charge in [0.2, 0.25) is 0 Å². The zero-order valence-corrected chi connectivity index (χ0v) is 17.4. The Balaban J connectivity index is 2.22. The average molecular weight is 454 g/mol. The molecule has 3 rings (SSSR count). The summed E-state index contributed by atoms with van der Waals surface area (Å²) in [5.74, 6) is -1.46. The van der Waals surface area contributed by atoms with Gasteiger partial charge < -0.3 is 15.0 Å². The number of nitrogens with one attached hydrogen (secondary N) is 1. The van der Waals surface area contributed by atoms with Gasteiger partial charge in [0.25, 0.3) is 11.8 Å². The molecule has 10 heteroatoms. The van der Waals surface area contributed by atoms with E-state index in [1.54, 1.807) is 12.1 Å². The number of ether oxygens (including phenoxy) is 1. The highest BCUT2D eigenvalue weighted by Gasteiger charge is 2.38. The number of fused-ring (bicyclic) bond motifs is 1. The minimum absolute atomic E-state index is 0.0850. The van der Waals surface area contributed by atoms with Crippen LogP contribution in [-0.2, 0) is 20.5 Å². The van der Waals surface area contributed by atoms with E-state index in [2.05, 4.69) is 5.32 Å². The van der Waals surface area contributed by atoms with Crippen molar-refractivity contribution in [3.63, 3.8) is 0 Å². The van der Waals surface area contributed by atoms with Gasteiger partial charge in [0.05, 0.1) is 29.2 Å². The molecule has 0 atom stereocenters. The minimum atomic E-state index is -4.63. The highest BCUT2D eigenvalue weighted by atomic mass is 35.5. The maximum atomic E-state index is 13.4. The summed E-state index contributed by atoms with van der Waals surface area (Å²) in [4.78, 5) is 28.6. The van der Waals surface area contributed by atoms with Crippen molar-refractivity contribution in [2.24, 2.45) is 0 Å². The number of alkyl halides is 3. The summed E-state index contributed by atoms with van der Waals surface area (Å²) in [6.45, 7) is 0.655. The lowest BCUT2D eigenvalue weighted by Gasteiger charge is -2.25. The van der Waals surface area contributed by atoms with Gasteiger partial charge in [0.1, 0.15) is 5.57 Å². The molecule has 1 aliphatic rings. The highest BCUT2D eigenvalue weighted by molar-refractivity contribution is 6.33. The number of carbonyl (C=O) groups is 2. The van der Waals surface area contributed by atoms with Crippen molar-refractivity contribution in [2.45, 2.75) is 6.18 Å². The van der Waals surface area contributed by atoms with E-state index in [1.807, 2.05) is 0 Å². The second-order valence-electron chi connectivity index (χ2n) is 6.69. The lowest BCUT2D eigenvalue weighted by molar-refractivity contribution is -0.137. The first-order chi connectivity index (χ1) is 14.6. The van der Waals surface area contributed by atoms with Crippen LogP contribution in [0.25, 0.3) is 0 Å². The van der Waals surface area contributed by atoms with Crippen LogP contribution in [-0.4, -0.2) is 39.1 Å². The lowest BCUT2D eigenvalue weighted by atomic mass is 10.1. The van der Waals surface area contributed by atoms with Crippen LogP contribution in [0.1, 0.15) is 5.56 Å². The van der Waals surface area contributed by atoms with Crippen LogP contribution >= 0.6 is 11.6 Å². The summed E-state index contributed by atoms with van der Waals surface area (Å²) in [6.07, 6.45) is -3.39. The van der Waals surface area contributed by atoms with E-state index in [9.17, 15) is 22.8 Å². The summed E-state index contributed by atoms with van der Waals surface area (Å²) >= 11 is 6.06. The first-order valence-electron chi connectivity index (χ1n) is 9.17. The molecule has 0 spiro atoms. The second kappa shape index (κ2) is 8.99. The van der Waals surface area contributed by atoms with Crippen molar-refractivity contribution in [2.75, 3.05) is 37.1 Å². The third-order valence-corrected chi connectivity index (χ3v) is 4.87. The molecule has 0 aliphatic carbocycles. The maximum absolute atomic E-state index is 13.4. The van der Waals surface area contributed by atoms with E-state index in [0.29, 0.717) is 13.2 Å². The normalized spacial score (nSPS) is 15.9. The van der Waals surface area contributed by atoms with Gasteiger partial charge in [-0.05, 0) is 36.4 Å². The van der Waals surface area contributed by atoms with Crippen molar-refractivity contribution in [3.05, 3.63) is 64.8 Å². The van der Waals surface area contributed by atoms with Gasteiger partial charge in [-0.25, -0.2) is 0 Å². The Morgan fingerprint density at radius 2 is 1.84 bits per heavy atom. The molecule has 0 aromatic heterocycles. The number of amides is 2. The quantitative estimate of drug-likeness (QED) is 0.420. The van der Waals surface area contributed by atoms with Crippen molar-refractivity contribution >= 4 is 40.5 Å². The van der Waals surface area contributed by atoms with Gasteiger partial charge in [-0.15, -0.1) is 0 Å². The fraction of sp³-hybridized carbons (Fsp3) is 0.238. The van der Waals surface area contributed by atoms with E-state index in [1.165, 1.54) is 38.6 Å². The standard InChI is InChI=1S/C21H19ClF3N3O3/c1-27-17-7-6-13(21(23,24)25)10-18(17)28(15-5-3-4-14(22)11-15)20(30)16(19(27)29)12-26-8-9-31-2/h3-7,10-12,26H,8-9H2,1-2H3/b16-12+. The fourth-order valence-corrected chi connectivity index (χ4v) is 3.29. The van der Waals surface area contributed by atoms with Crippen molar-refractivity contribution < 1.29 is 27.5 Å². The summed E-state index contributed by atoms with van der Waals surface area (Å²) < 4.78 is 45.1. The van der Waals surface area contributed by atoms with E-state index in [-0.39, 0.29) is 27.7 Å². The number of halogens is 4. The molecule has 0 radical (unpaired) electrons. The Morgan fingerprint density at radius 3 is 2.48 bits per heavy atom. The van der Waals surface area contributed by atoms with Crippen LogP contribution in [0.2, 0.25) is 5.02 Å². The molecule has 0 saturated carbocycles. The maximum Gasteiger partial charge on any atom is 0.416 e. The zero-order valence-electron chi connectivity index (χ0n) is 16.7. The Bertz CT molecular complexity index is 1040. The van der Waals surface area contributed by atoms with Crippen molar-refractivity contribution in [1.29, 1.82) is 0 Å². The van der Waals surface area contributed by atoms with Crippen molar-refractivity contribution in [1.82, 2.24) is 5.32 Å². The molecule has 0 fully saturated rings. The molecule has 2 aromatic carbocycles. The summed E-state index contributed by atoms with van der Waals surface area (Å²) in [5, 5.41) is 3.11. The molecule has 0 bridgehead atoms. The number of benzene rings is 2. The van der Waals surface area contributed by atoms with E-state index in [4.69, 9.17) is 16.3 Å². The van der Waals surface area contributed by atoms with Gasteiger partial charge in [0.15, 0.2) is 0 Å². The van der Waals surface area contributed by atoms with Gasteiger partial charge in [-0.2, -0.15) is 13.2 Å². The Hall–Kier alpha value is -3.04. The topological polar surface area (TPSA) is 61.9 Å².